The Bertz CT molecular complexity index is 1340. The highest BCUT2D eigenvalue weighted by molar-refractivity contribution is 6.33. The van der Waals surface area contributed by atoms with Gasteiger partial charge in [0.1, 0.15) is 0 Å². The number of aliphatic imine (C=N–C) groups is 1. The molecule has 34 heavy (non-hydrogen) atoms. The van der Waals surface area contributed by atoms with E-state index in [0.717, 1.165) is 25.6 Å². The molecule has 1 aliphatic heterocycles. The van der Waals surface area contributed by atoms with E-state index in [1.54, 1.807) is 0 Å². The molecule has 0 bridgehead atoms. The van der Waals surface area contributed by atoms with Gasteiger partial charge < -0.3 is 10.1 Å². The summed E-state index contributed by atoms with van der Waals surface area (Å²) in [5.41, 5.74) is -2.16. The van der Waals surface area contributed by atoms with Gasteiger partial charge in [-0.05, 0) is 23.8 Å². The Balaban J connectivity index is 1.71. The molecular weight excluding hydrogens is 479 g/mol. The summed E-state index contributed by atoms with van der Waals surface area (Å²) in [6.45, 7) is 0. The minimum atomic E-state index is -4.97. The number of ether oxygens (including phenoxy) is 1. The average molecular weight is 492 g/mol. The third-order valence-corrected chi connectivity index (χ3v) is 5.19. The summed E-state index contributed by atoms with van der Waals surface area (Å²) in [6, 6.07) is 1.15. The van der Waals surface area contributed by atoms with Gasteiger partial charge in [0, 0.05) is 6.21 Å². The number of carbonyl (C=O) groups is 3. The molecule has 0 saturated heterocycles. The predicted octanol–water partition coefficient (Wildman–Crippen LogP) is 3.55. The van der Waals surface area contributed by atoms with Crippen LogP contribution in [0.4, 0.5) is 18.9 Å². The topological polar surface area (TPSA) is 116 Å². The number of pyridine rings is 1. The quantitative estimate of drug-likeness (QED) is 0.654. The van der Waals surface area contributed by atoms with Crippen molar-refractivity contribution in [3.05, 3.63) is 70.3 Å². The van der Waals surface area contributed by atoms with Crippen LogP contribution < -0.4 is 5.32 Å². The van der Waals surface area contributed by atoms with E-state index in [2.05, 4.69) is 25.1 Å². The van der Waals surface area contributed by atoms with Crippen molar-refractivity contribution in [2.75, 3.05) is 12.4 Å². The Labute approximate surface area is 194 Å². The van der Waals surface area contributed by atoms with Crippen LogP contribution in [0.1, 0.15) is 26.5 Å². The molecule has 9 nitrogen and oxygen atoms in total. The molecule has 1 atom stereocenters. The molecule has 1 aliphatic carbocycles. The lowest BCUT2D eigenvalue weighted by molar-refractivity contribution is -0.143. The predicted molar refractivity (Wildman–Crippen MR) is 114 cm³/mol. The maximum Gasteiger partial charge on any atom is 0.434 e. The van der Waals surface area contributed by atoms with Crippen LogP contribution in [0, 0.1) is 5.92 Å². The number of dihydropyridines is 1. The molecule has 0 fully saturated rings. The molecule has 2 aromatic rings. The van der Waals surface area contributed by atoms with Gasteiger partial charge in [0.15, 0.2) is 11.4 Å². The Morgan fingerprint density at radius 3 is 2.68 bits per heavy atom. The van der Waals surface area contributed by atoms with Crippen molar-refractivity contribution in [2.24, 2.45) is 10.9 Å². The highest BCUT2D eigenvalue weighted by Gasteiger charge is 2.42. The number of fused-ring (bicyclic) bond motifs is 1. The third-order valence-electron chi connectivity index (χ3n) is 4.90. The van der Waals surface area contributed by atoms with E-state index in [1.807, 2.05) is 0 Å². The summed E-state index contributed by atoms with van der Waals surface area (Å²) in [5.74, 6) is -3.34. The second kappa shape index (κ2) is 8.71. The second-order valence-electron chi connectivity index (χ2n) is 6.97. The number of hydrogen-bond donors (Lipinski definition) is 1. The molecule has 13 heteroatoms. The van der Waals surface area contributed by atoms with Gasteiger partial charge in [-0.3, -0.25) is 9.59 Å². The Hall–Kier alpha value is -4.06. The number of nitrogens with one attached hydrogen (secondary N) is 1. The number of nitrogens with zero attached hydrogens (tertiary/aromatic N) is 4. The van der Waals surface area contributed by atoms with Crippen LogP contribution in [0.25, 0.3) is 5.70 Å². The molecule has 0 saturated carbocycles. The average Bonchev–Trinajstić information content (AvgIpc) is 3.24. The number of hydrogen-bond acceptors (Lipinski definition) is 6. The fourth-order valence-electron chi connectivity index (χ4n) is 3.41. The van der Waals surface area contributed by atoms with Crippen molar-refractivity contribution in [1.82, 2.24) is 14.8 Å². The van der Waals surface area contributed by atoms with Gasteiger partial charge in [0.05, 0.1) is 47.4 Å². The standard InChI is InChI=1S/C21H13ClF3N5O4/c1-34-20(33)16-14(22)7-10(8-27-16)29-19(32)13-9-28-30(17(13)21(23,24)25)15-4-2-3-12-11(15)5-6-26-18(12)31/h2-9,12H,1H3,(H,29,32). The number of carbonyl (C=O) groups excluding carboxylic acids is 3. The highest BCUT2D eigenvalue weighted by atomic mass is 35.5. The zero-order valence-corrected chi connectivity index (χ0v) is 17.9. The van der Waals surface area contributed by atoms with Crippen molar-refractivity contribution in [3.63, 3.8) is 0 Å². The van der Waals surface area contributed by atoms with Gasteiger partial charge in [-0.15, -0.1) is 0 Å². The zero-order chi connectivity index (χ0) is 24.6. The van der Waals surface area contributed by atoms with Gasteiger partial charge in [-0.25, -0.2) is 19.5 Å². The minimum absolute atomic E-state index is 0.0227. The molecule has 0 spiro atoms. The lowest BCUT2D eigenvalue weighted by Gasteiger charge is -2.23. The molecular formula is C21H13ClF3N5O4. The smallest absolute Gasteiger partial charge is 0.434 e. The summed E-state index contributed by atoms with van der Waals surface area (Å²) in [5, 5.41) is 5.88. The molecule has 4 rings (SSSR count). The van der Waals surface area contributed by atoms with Gasteiger partial charge in [-0.1, -0.05) is 23.8 Å². The number of amides is 2. The SMILES string of the molecule is COC(=O)c1ncc(NC(=O)c2cnn(C3=CC=CC4C(=O)N=CC=C34)c2C(F)(F)F)cc1Cl. The summed E-state index contributed by atoms with van der Waals surface area (Å²) >= 11 is 5.95. The Morgan fingerprint density at radius 2 is 2.00 bits per heavy atom. The van der Waals surface area contributed by atoms with E-state index >= 15 is 0 Å². The van der Waals surface area contributed by atoms with E-state index in [1.165, 1.54) is 30.5 Å². The molecule has 2 aliphatic rings. The summed E-state index contributed by atoms with van der Waals surface area (Å²) in [6.07, 6.45) is 3.74. The number of rotatable bonds is 4. The van der Waals surface area contributed by atoms with Crippen LogP contribution in [0.2, 0.25) is 5.02 Å². The molecule has 0 radical (unpaired) electrons. The summed E-state index contributed by atoms with van der Waals surface area (Å²) in [4.78, 5) is 43.8. The van der Waals surface area contributed by atoms with Crippen LogP contribution in [0.5, 0.6) is 0 Å². The van der Waals surface area contributed by atoms with Gasteiger partial charge in [0.2, 0.25) is 0 Å². The minimum Gasteiger partial charge on any atom is -0.464 e. The van der Waals surface area contributed by atoms with Crippen molar-refractivity contribution in [1.29, 1.82) is 0 Å². The first-order valence-electron chi connectivity index (χ1n) is 9.49. The number of allylic oxidation sites excluding steroid dienone is 4. The van der Waals surface area contributed by atoms with E-state index in [-0.39, 0.29) is 27.7 Å². The maximum atomic E-state index is 14.1. The first-order chi connectivity index (χ1) is 16.1. The van der Waals surface area contributed by atoms with Crippen molar-refractivity contribution < 1.29 is 32.3 Å². The van der Waals surface area contributed by atoms with Crippen molar-refractivity contribution in [2.45, 2.75) is 6.18 Å². The first-order valence-corrected chi connectivity index (χ1v) is 9.87. The third kappa shape index (κ3) is 4.15. The first kappa shape index (κ1) is 23.1. The number of esters is 1. The molecule has 174 valence electrons. The number of alkyl halides is 3. The summed E-state index contributed by atoms with van der Waals surface area (Å²) in [7, 11) is 1.12. The number of anilines is 1. The number of methoxy groups -OCH3 is 1. The van der Waals surface area contributed by atoms with E-state index in [0.29, 0.717) is 4.68 Å². The van der Waals surface area contributed by atoms with Crippen LogP contribution in [-0.4, -0.2) is 45.9 Å². The molecule has 1 N–H and O–H groups in total. The Kier molecular flexibility index (Phi) is 5.92. The maximum absolute atomic E-state index is 14.1. The lowest BCUT2D eigenvalue weighted by atomic mass is 9.89. The van der Waals surface area contributed by atoms with Gasteiger partial charge in [-0.2, -0.15) is 18.3 Å². The number of halogens is 4. The molecule has 3 heterocycles. The van der Waals surface area contributed by atoms with E-state index in [9.17, 15) is 27.6 Å². The van der Waals surface area contributed by atoms with Crippen LogP contribution in [0.3, 0.4) is 0 Å². The van der Waals surface area contributed by atoms with Gasteiger partial charge in [0.25, 0.3) is 11.8 Å². The van der Waals surface area contributed by atoms with E-state index in [4.69, 9.17) is 11.6 Å². The second-order valence-corrected chi connectivity index (χ2v) is 7.38. The number of aromatic nitrogens is 3. The lowest BCUT2D eigenvalue weighted by Crippen LogP contribution is -2.25. The normalized spacial score (nSPS) is 17.1. The molecule has 2 amide bonds. The van der Waals surface area contributed by atoms with Crippen LogP contribution in [-0.2, 0) is 15.7 Å². The highest BCUT2D eigenvalue weighted by Crippen LogP contribution is 2.38. The fraction of sp³-hybridized carbons (Fsp3) is 0.143. The van der Waals surface area contributed by atoms with Crippen molar-refractivity contribution >= 4 is 47.0 Å². The van der Waals surface area contributed by atoms with Gasteiger partial charge >= 0.3 is 12.1 Å². The van der Waals surface area contributed by atoms with E-state index < -0.39 is 41.1 Å². The zero-order valence-electron chi connectivity index (χ0n) is 17.1. The molecule has 1 unspecified atom stereocenters. The fourth-order valence-corrected chi connectivity index (χ4v) is 3.65. The monoisotopic (exact) mass is 491 g/mol. The van der Waals surface area contributed by atoms with Crippen molar-refractivity contribution in [3.8, 4) is 0 Å². The summed E-state index contributed by atoms with van der Waals surface area (Å²) < 4.78 is 47.3. The molecule has 2 aromatic heterocycles. The van der Waals surface area contributed by atoms with Crippen LogP contribution in [0.15, 0.2) is 53.3 Å². The largest absolute Gasteiger partial charge is 0.464 e. The molecule has 0 aromatic carbocycles. The Morgan fingerprint density at radius 1 is 1.24 bits per heavy atom. The van der Waals surface area contributed by atoms with Crippen LogP contribution >= 0.6 is 11.6 Å².